The highest BCUT2D eigenvalue weighted by molar-refractivity contribution is 6.42. The average Bonchev–Trinajstić information content (AvgIpc) is 2.99. The quantitative estimate of drug-likeness (QED) is 0.763. The fraction of sp³-hybridized carbons (Fsp3) is 0.316. The molecule has 1 aromatic carbocycles. The molecule has 0 radical (unpaired) electrons. The van der Waals surface area contributed by atoms with Crippen molar-refractivity contribution < 1.29 is 19.1 Å². The molecule has 3 heterocycles. The van der Waals surface area contributed by atoms with Crippen molar-refractivity contribution in [1.29, 1.82) is 0 Å². The van der Waals surface area contributed by atoms with E-state index < -0.39 is 5.97 Å². The van der Waals surface area contributed by atoms with Gasteiger partial charge >= 0.3 is 5.97 Å². The van der Waals surface area contributed by atoms with E-state index in [4.69, 9.17) is 37.5 Å². The first kappa shape index (κ1) is 19.1. The highest BCUT2D eigenvalue weighted by Gasteiger charge is 2.31. The van der Waals surface area contributed by atoms with Gasteiger partial charge in [0.05, 0.1) is 28.6 Å². The Morgan fingerprint density at radius 1 is 1.21 bits per heavy atom. The van der Waals surface area contributed by atoms with Crippen LogP contribution in [0.1, 0.15) is 23.7 Å². The van der Waals surface area contributed by atoms with Crippen LogP contribution in [0.2, 0.25) is 10.0 Å². The Hall–Kier alpha value is -2.19. The van der Waals surface area contributed by atoms with Crippen molar-refractivity contribution >= 4 is 34.9 Å². The lowest BCUT2D eigenvalue weighted by molar-refractivity contribution is -0.140. The normalized spacial score (nSPS) is 22.4. The Morgan fingerprint density at radius 3 is 2.89 bits per heavy atom. The highest BCUT2D eigenvalue weighted by atomic mass is 35.5. The number of ether oxygens (including phenoxy) is 2. The van der Waals surface area contributed by atoms with E-state index >= 15 is 0 Å². The summed E-state index contributed by atoms with van der Waals surface area (Å²) < 4.78 is 12.3. The molecule has 146 valence electrons. The van der Waals surface area contributed by atoms with Crippen LogP contribution in [0.5, 0.6) is 5.88 Å². The Kier molecular flexibility index (Phi) is 5.77. The van der Waals surface area contributed by atoms with Gasteiger partial charge in [-0.25, -0.2) is 9.78 Å². The summed E-state index contributed by atoms with van der Waals surface area (Å²) in [6.07, 6.45) is 0.948. The number of rotatable bonds is 4. The summed E-state index contributed by atoms with van der Waals surface area (Å²) >= 11 is 12.2. The highest BCUT2D eigenvalue weighted by Crippen LogP contribution is 2.32. The molecule has 2 aromatic rings. The van der Waals surface area contributed by atoms with Crippen LogP contribution < -0.4 is 10.1 Å². The summed E-state index contributed by atoms with van der Waals surface area (Å²) in [7, 11) is 0. The van der Waals surface area contributed by atoms with Crippen molar-refractivity contribution in [2.24, 2.45) is 5.16 Å². The monoisotopic (exact) mass is 421 g/mol. The van der Waals surface area contributed by atoms with Crippen molar-refractivity contribution in [1.82, 2.24) is 10.3 Å². The summed E-state index contributed by atoms with van der Waals surface area (Å²) in [6, 6.07) is 8.94. The fourth-order valence-corrected chi connectivity index (χ4v) is 3.43. The molecule has 1 aromatic heterocycles. The van der Waals surface area contributed by atoms with Gasteiger partial charge in [-0.3, -0.25) is 0 Å². The topological polar surface area (TPSA) is 82.0 Å². The van der Waals surface area contributed by atoms with E-state index in [-0.39, 0.29) is 18.6 Å². The molecule has 0 bridgehead atoms. The average molecular weight is 422 g/mol. The van der Waals surface area contributed by atoms with Crippen LogP contribution in [0.4, 0.5) is 0 Å². The number of aromatic nitrogens is 1. The van der Waals surface area contributed by atoms with Crippen LogP contribution in [-0.4, -0.2) is 42.5 Å². The fourth-order valence-electron chi connectivity index (χ4n) is 3.12. The van der Waals surface area contributed by atoms with Crippen molar-refractivity contribution in [3.05, 3.63) is 57.7 Å². The number of oxime groups is 1. The molecule has 1 saturated heterocycles. The van der Waals surface area contributed by atoms with E-state index in [0.29, 0.717) is 46.9 Å². The maximum Gasteiger partial charge on any atom is 0.341 e. The van der Waals surface area contributed by atoms with Crippen molar-refractivity contribution in [3.63, 3.8) is 0 Å². The Labute approximate surface area is 171 Å². The molecular weight excluding hydrogens is 405 g/mol. The Morgan fingerprint density at radius 2 is 2.11 bits per heavy atom. The standard InChI is InChI=1S/C19H17Cl2N3O4/c20-13-4-3-11(8-14(13)21)18-16(10-22-6-7-26-18)27-19-12(2-1-5-23-19)15-9-17(25)28-24-15/h1-5,8,16,18,22H,6-7,9-10H2/t16-,18?/m0/s1. The van der Waals surface area contributed by atoms with E-state index in [9.17, 15) is 4.79 Å². The molecule has 28 heavy (non-hydrogen) atoms. The van der Waals surface area contributed by atoms with Gasteiger partial charge in [-0.15, -0.1) is 0 Å². The predicted octanol–water partition coefficient (Wildman–Crippen LogP) is 3.15. The summed E-state index contributed by atoms with van der Waals surface area (Å²) in [4.78, 5) is 20.5. The van der Waals surface area contributed by atoms with Gasteiger partial charge in [-0.1, -0.05) is 34.4 Å². The lowest BCUT2D eigenvalue weighted by atomic mass is 10.0. The van der Waals surface area contributed by atoms with E-state index in [2.05, 4.69) is 15.5 Å². The van der Waals surface area contributed by atoms with Gasteiger partial charge in [-0.2, -0.15) is 0 Å². The second-order valence-electron chi connectivity index (χ2n) is 6.36. The minimum atomic E-state index is -0.405. The number of hydrogen-bond donors (Lipinski definition) is 1. The predicted molar refractivity (Wildman–Crippen MR) is 104 cm³/mol. The zero-order chi connectivity index (χ0) is 19.5. The minimum Gasteiger partial charge on any atom is -0.469 e. The Balaban J connectivity index is 1.63. The maximum absolute atomic E-state index is 11.4. The molecule has 0 amide bonds. The van der Waals surface area contributed by atoms with Crippen LogP contribution in [0, 0.1) is 0 Å². The summed E-state index contributed by atoms with van der Waals surface area (Å²) in [5.74, 6) is -0.0418. The molecule has 1 N–H and O–H groups in total. The summed E-state index contributed by atoms with van der Waals surface area (Å²) in [5, 5.41) is 8.05. The van der Waals surface area contributed by atoms with Gasteiger partial charge in [-0.05, 0) is 29.8 Å². The summed E-state index contributed by atoms with van der Waals surface area (Å²) in [6.45, 7) is 1.76. The zero-order valence-electron chi connectivity index (χ0n) is 14.7. The number of halogens is 2. The first-order chi connectivity index (χ1) is 13.6. The smallest absolute Gasteiger partial charge is 0.341 e. The molecule has 1 fully saturated rings. The number of benzene rings is 1. The van der Waals surface area contributed by atoms with Crippen LogP contribution in [0.3, 0.4) is 0 Å². The van der Waals surface area contributed by atoms with Gasteiger partial charge in [0.1, 0.15) is 17.9 Å². The lowest BCUT2D eigenvalue weighted by Crippen LogP contribution is -2.35. The zero-order valence-corrected chi connectivity index (χ0v) is 16.2. The molecule has 0 spiro atoms. The SMILES string of the molecule is O=C1CC(c2cccnc2O[C@H]2CNCCOC2c2ccc(Cl)c(Cl)c2)=NO1. The van der Waals surface area contributed by atoms with Gasteiger partial charge < -0.3 is 19.6 Å². The van der Waals surface area contributed by atoms with E-state index in [1.807, 2.05) is 6.07 Å². The van der Waals surface area contributed by atoms with E-state index in [0.717, 1.165) is 5.56 Å². The largest absolute Gasteiger partial charge is 0.469 e. The first-order valence-electron chi connectivity index (χ1n) is 8.78. The van der Waals surface area contributed by atoms with E-state index in [1.54, 1.807) is 30.5 Å². The van der Waals surface area contributed by atoms with Gasteiger partial charge in [0, 0.05) is 19.3 Å². The number of carbonyl (C=O) groups excluding carboxylic acids is 1. The number of pyridine rings is 1. The minimum absolute atomic E-state index is 0.0810. The van der Waals surface area contributed by atoms with Gasteiger partial charge in [0.2, 0.25) is 5.88 Å². The molecule has 2 aliphatic rings. The Bertz CT molecular complexity index is 922. The van der Waals surface area contributed by atoms with Crippen molar-refractivity contribution in [2.45, 2.75) is 18.6 Å². The number of nitrogens with zero attached hydrogens (tertiary/aromatic N) is 2. The second kappa shape index (κ2) is 8.45. The number of carbonyl (C=O) groups is 1. The van der Waals surface area contributed by atoms with E-state index in [1.165, 1.54) is 0 Å². The molecule has 4 rings (SSSR count). The first-order valence-corrected chi connectivity index (χ1v) is 9.53. The molecule has 0 saturated carbocycles. The third kappa shape index (κ3) is 4.12. The van der Waals surface area contributed by atoms with Gasteiger partial charge in [0.25, 0.3) is 0 Å². The third-order valence-electron chi connectivity index (χ3n) is 4.45. The molecular formula is C19H17Cl2N3O4. The molecule has 0 aliphatic carbocycles. The molecule has 9 heteroatoms. The maximum atomic E-state index is 11.4. The van der Waals surface area contributed by atoms with Crippen LogP contribution >= 0.6 is 23.2 Å². The van der Waals surface area contributed by atoms with Crippen LogP contribution in [-0.2, 0) is 14.4 Å². The summed E-state index contributed by atoms with van der Waals surface area (Å²) in [5.41, 5.74) is 1.96. The van der Waals surface area contributed by atoms with Crippen LogP contribution in [0.25, 0.3) is 0 Å². The lowest BCUT2D eigenvalue weighted by Gasteiger charge is -2.26. The van der Waals surface area contributed by atoms with Gasteiger partial charge in [0.15, 0.2) is 0 Å². The van der Waals surface area contributed by atoms with Crippen molar-refractivity contribution in [2.75, 3.05) is 19.7 Å². The van der Waals surface area contributed by atoms with Crippen molar-refractivity contribution in [3.8, 4) is 5.88 Å². The third-order valence-corrected chi connectivity index (χ3v) is 5.19. The molecule has 2 aliphatic heterocycles. The molecule has 2 atom stereocenters. The molecule has 1 unspecified atom stereocenters. The van der Waals surface area contributed by atoms with Crippen LogP contribution in [0.15, 0.2) is 41.7 Å². The molecule has 7 nitrogen and oxygen atoms in total. The number of hydrogen-bond acceptors (Lipinski definition) is 7. The number of nitrogens with one attached hydrogen (secondary N) is 1. The second-order valence-corrected chi connectivity index (χ2v) is 7.17.